The Kier molecular flexibility index (Phi) is 7.76. The van der Waals surface area contributed by atoms with Crippen LogP contribution in [0.3, 0.4) is 0 Å². The molecule has 3 rings (SSSR count). The Morgan fingerprint density at radius 2 is 1.97 bits per heavy atom. The van der Waals surface area contributed by atoms with Gasteiger partial charge in [-0.15, -0.1) is 11.8 Å². The first-order valence-corrected chi connectivity index (χ1v) is 12.3. The lowest BCUT2D eigenvalue weighted by Crippen LogP contribution is -2.40. The van der Waals surface area contributed by atoms with E-state index in [1.807, 2.05) is 30.5 Å². The van der Waals surface area contributed by atoms with E-state index in [-0.39, 0.29) is 17.2 Å². The predicted molar refractivity (Wildman–Crippen MR) is 118 cm³/mol. The normalized spacial score (nSPS) is 15.0. The summed E-state index contributed by atoms with van der Waals surface area (Å²) in [6.07, 6.45) is 2.55. The molecule has 9 heteroatoms. The lowest BCUT2D eigenvalue weighted by molar-refractivity contribution is -0.116. The van der Waals surface area contributed by atoms with Gasteiger partial charge in [0.2, 0.25) is 15.9 Å². The molecule has 2 aromatic carbocycles. The minimum Gasteiger partial charge on any atom is -0.496 e. The molecule has 1 amide bonds. The topological polar surface area (TPSA) is 84.9 Å². The highest BCUT2D eigenvalue weighted by Gasteiger charge is 2.27. The van der Waals surface area contributed by atoms with Crippen LogP contribution in [-0.2, 0) is 26.0 Å². The van der Waals surface area contributed by atoms with Crippen LogP contribution in [0.4, 0.5) is 5.69 Å². The molecule has 0 unspecified atom stereocenters. The average molecular weight is 451 g/mol. The smallest absolute Gasteiger partial charge is 0.243 e. The van der Waals surface area contributed by atoms with E-state index < -0.39 is 10.0 Å². The van der Waals surface area contributed by atoms with Gasteiger partial charge in [-0.2, -0.15) is 4.31 Å². The first-order chi connectivity index (χ1) is 14.4. The molecule has 0 aliphatic carbocycles. The number of aryl methyl sites for hydroxylation is 1. The minimum absolute atomic E-state index is 0.142. The maximum atomic E-state index is 12.9. The molecule has 0 atom stereocenters. The summed E-state index contributed by atoms with van der Waals surface area (Å²) in [4.78, 5) is 13.7. The fraction of sp³-hybridized carbons (Fsp3) is 0.381. The number of nitrogens with one attached hydrogen (secondary N) is 1. The van der Waals surface area contributed by atoms with Crippen molar-refractivity contribution in [3.8, 4) is 5.75 Å². The maximum absolute atomic E-state index is 12.9. The summed E-state index contributed by atoms with van der Waals surface area (Å²) >= 11 is 1.60. The number of anilines is 1. The fourth-order valence-electron chi connectivity index (χ4n) is 3.22. The van der Waals surface area contributed by atoms with Gasteiger partial charge in [-0.25, -0.2) is 8.42 Å². The lowest BCUT2D eigenvalue weighted by Gasteiger charge is -2.26. The molecule has 2 aromatic rings. The summed E-state index contributed by atoms with van der Waals surface area (Å²) in [7, 11) is -2.08. The Hall–Kier alpha value is -2.07. The molecule has 162 valence electrons. The minimum atomic E-state index is -3.61. The van der Waals surface area contributed by atoms with E-state index in [2.05, 4.69) is 5.32 Å². The number of morpholine rings is 1. The first-order valence-electron chi connectivity index (χ1n) is 9.63. The Morgan fingerprint density at radius 3 is 2.67 bits per heavy atom. The van der Waals surface area contributed by atoms with Gasteiger partial charge in [0.15, 0.2) is 0 Å². The molecule has 1 aliphatic rings. The summed E-state index contributed by atoms with van der Waals surface area (Å²) in [6.45, 7) is 1.45. The van der Waals surface area contributed by atoms with Crippen molar-refractivity contribution in [1.29, 1.82) is 0 Å². The second kappa shape index (κ2) is 10.3. The zero-order valence-corrected chi connectivity index (χ0v) is 18.7. The van der Waals surface area contributed by atoms with Gasteiger partial charge in [-0.3, -0.25) is 4.79 Å². The summed E-state index contributed by atoms with van der Waals surface area (Å²) in [5.41, 5.74) is 1.42. The number of hydrogen-bond acceptors (Lipinski definition) is 6. The number of nitrogens with zero attached hydrogens (tertiary/aromatic N) is 1. The molecule has 1 aliphatic heterocycles. The lowest BCUT2D eigenvalue weighted by atomic mass is 10.1. The van der Waals surface area contributed by atoms with Gasteiger partial charge in [-0.05, 0) is 54.6 Å². The van der Waals surface area contributed by atoms with Crippen molar-refractivity contribution in [2.45, 2.75) is 22.6 Å². The fourth-order valence-corrected chi connectivity index (χ4v) is 5.14. The molecule has 0 aromatic heterocycles. The van der Waals surface area contributed by atoms with Crippen LogP contribution in [-0.4, -0.2) is 58.3 Å². The number of rotatable bonds is 8. The van der Waals surface area contributed by atoms with Crippen molar-refractivity contribution in [3.05, 3.63) is 48.0 Å². The Bertz CT molecular complexity index is 989. The first kappa shape index (κ1) is 22.6. The van der Waals surface area contributed by atoms with Gasteiger partial charge < -0.3 is 14.8 Å². The molecule has 1 saturated heterocycles. The highest BCUT2D eigenvalue weighted by atomic mass is 32.2. The monoisotopic (exact) mass is 450 g/mol. The largest absolute Gasteiger partial charge is 0.496 e. The number of ether oxygens (including phenoxy) is 2. The molecular weight excluding hydrogens is 424 g/mol. The molecular formula is C21H26N2O5S2. The van der Waals surface area contributed by atoms with E-state index in [4.69, 9.17) is 9.47 Å². The number of sulfonamides is 1. The summed E-state index contributed by atoms with van der Waals surface area (Å²) in [5, 5.41) is 2.89. The summed E-state index contributed by atoms with van der Waals surface area (Å²) < 4.78 is 37.9. The molecule has 0 bridgehead atoms. The number of amides is 1. The molecule has 1 heterocycles. The zero-order chi connectivity index (χ0) is 21.6. The van der Waals surface area contributed by atoms with Gasteiger partial charge in [0, 0.05) is 30.1 Å². The number of methoxy groups -OCH3 is 1. The summed E-state index contributed by atoms with van der Waals surface area (Å²) in [6, 6.07) is 12.4. The number of carbonyl (C=O) groups is 1. The number of carbonyl (C=O) groups excluding carboxylic acids is 1. The molecule has 0 radical (unpaired) electrons. The molecule has 0 spiro atoms. The van der Waals surface area contributed by atoms with Crippen LogP contribution in [0, 0.1) is 0 Å². The number of hydrogen-bond donors (Lipinski definition) is 1. The zero-order valence-electron chi connectivity index (χ0n) is 17.1. The van der Waals surface area contributed by atoms with Crippen LogP contribution < -0.4 is 10.1 Å². The third kappa shape index (κ3) is 5.54. The SMILES string of the molecule is COc1ccc(S(=O)(=O)N2CCOCC2)cc1CCC(=O)Nc1cccc(SC)c1. The van der Waals surface area contributed by atoms with E-state index >= 15 is 0 Å². The molecule has 0 saturated carbocycles. The van der Waals surface area contributed by atoms with Gasteiger partial charge in [0.05, 0.1) is 25.2 Å². The quantitative estimate of drug-likeness (QED) is 0.623. The number of thioether (sulfide) groups is 1. The van der Waals surface area contributed by atoms with Crippen LogP contribution in [0.5, 0.6) is 5.75 Å². The standard InChI is InChI=1S/C21H26N2O5S2/c1-27-20-8-7-19(30(25,26)23-10-12-28-13-11-23)14-16(20)6-9-21(24)22-17-4-3-5-18(15-17)29-2/h3-5,7-8,14-15H,6,9-13H2,1-2H3,(H,22,24). The second-order valence-corrected chi connectivity index (χ2v) is 9.59. The van der Waals surface area contributed by atoms with Crippen molar-refractivity contribution in [1.82, 2.24) is 4.31 Å². The highest BCUT2D eigenvalue weighted by Crippen LogP contribution is 2.26. The average Bonchev–Trinajstić information content (AvgIpc) is 2.78. The van der Waals surface area contributed by atoms with Crippen molar-refractivity contribution in [2.75, 3.05) is 45.0 Å². The van der Waals surface area contributed by atoms with Crippen LogP contribution in [0.25, 0.3) is 0 Å². The van der Waals surface area contributed by atoms with Crippen molar-refractivity contribution in [3.63, 3.8) is 0 Å². The van der Waals surface area contributed by atoms with E-state index in [1.165, 1.54) is 11.4 Å². The Morgan fingerprint density at radius 1 is 1.20 bits per heavy atom. The van der Waals surface area contributed by atoms with Gasteiger partial charge in [-0.1, -0.05) is 6.07 Å². The van der Waals surface area contributed by atoms with E-state index in [0.717, 1.165) is 10.6 Å². The molecule has 1 fully saturated rings. The third-order valence-electron chi connectivity index (χ3n) is 4.83. The molecule has 7 nitrogen and oxygen atoms in total. The van der Waals surface area contributed by atoms with Crippen LogP contribution in [0.2, 0.25) is 0 Å². The van der Waals surface area contributed by atoms with Gasteiger partial charge >= 0.3 is 0 Å². The van der Waals surface area contributed by atoms with Gasteiger partial charge in [0.1, 0.15) is 5.75 Å². The van der Waals surface area contributed by atoms with Gasteiger partial charge in [0.25, 0.3) is 0 Å². The van der Waals surface area contributed by atoms with Crippen LogP contribution >= 0.6 is 11.8 Å². The van der Waals surface area contributed by atoms with Crippen molar-refractivity contribution in [2.24, 2.45) is 0 Å². The Balaban J connectivity index is 1.71. The van der Waals surface area contributed by atoms with Crippen molar-refractivity contribution >= 4 is 33.4 Å². The van der Waals surface area contributed by atoms with E-state index in [9.17, 15) is 13.2 Å². The third-order valence-corrected chi connectivity index (χ3v) is 7.45. The Labute approximate surface area is 181 Å². The summed E-state index contributed by atoms with van der Waals surface area (Å²) in [5.74, 6) is 0.421. The number of benzene rings is 2. The van der Waals surface area contributed by atoms with E-state index in [0.29, 0.717) is 44.0 Å². The van der Waals surface area contributed by atoms with Crippen LogP contribution in [0.1, 0.15) is 12.0 Å². The second-order valence-electron chi connectivity index (χ2n) is 6.77. The van der Waals surface area contributed by atoms with Crippen LogP contribution in [0.15, 0.2) is 52.3 Å². The molecule has 30 heavy (non-hydrogen) atoms. The maximum Gasteiger partial charge on any atom is 0.243 e. The van der Waals surface area contributed by atoms with E-state index in [1.54, 1.807) is 30.0 Å². The molecule has 1 N–H and O–H groups in total. The van der Waals surface area contributed by atoms with Crippen molar-refractivity contribution < 1.29 is 22.7 Å². The highest BCUT2D eigenvalue weighted by molar-refractivity contribution is 7.98. The predicted octanol–water partition coefficient (Wildman–Crippen LogP) is 3.01.